The Kier molecular flexibility index (Phi) is 7.92. The van der Waals surface area contributed by atoms with Crippen LogP contribution in [0.25, 0.3) is 0 Å². The van der Waals surface area contributed by atoms with Gasteiger partial charge in [-0.1, -0.05) is 33.3 Å². The van der Waals surface area contributed by atoms with Crippen molar-refractivity contribution in [2.45, 2.75) is 156 Å². The molecule has 0 spiro atoms. The Bertz CT molecular complexity index is 1190. The number of fused-ring (bicyclic) bond motifs is 10. The number of ketones is 2. The molecule has 0 amide bonds. The van der Waals surface area contributed by atoms with Crippen molar-refractivity contribution in [3.8, 4) is 0 Å². The first-order valence-corrected chi connectivity index (χ1v) is 18.9. The molecule has 0 radical (unpaired) electrons. The number of carbonyl (C=O) groups excluding carboxylic acids is 2. The summed E-state index contributed by atoms with van der Waals surface area (Å²) in [5.41, 5.74) is 2.62. The van der Waals surface area contributed by atoms with E-state index in [2.05, 4.69) is 27.7 Å². The van der Waals surface area contributed by atoms with E-state index < -0.39 is 0 Å². The van der Waals surface area contributed by atoms with Crippen LogP contribution in [0.1, 0.15) is 144 Å². The number of allylic oxidation sites excluding steroid dienone is 1. The smallest absolute Gasteiger partial charge is 0.155 e. The first kappa shape index (κ1) is 31.6. The first-order valence-electron chi connectivity index (χ1n) is 18.9. The van der Waals surface area contributed by atoms with Crippen molar-refractivity contribution in [2.75, 3.05) is 0 Å². The second-order valence-electron chi connectivity index (χ2n) is 18.5. The van der Waals surface area contributed by atoms with E-state index in [1.165, 1.54) is 69.8 Å². The van der Waals surface area contributed by atoms with Crippen LogP contribution in [0.15, 0.2) is 11.6 Å². The highest BCUT2D eigenvalue weighted by Gasteiger charge is 2.61. The molecule has 0 aromatic heterocycles. The van der Waals surface area contributed by atoms with Gasteiger partial charge in [0.15, 0.2) is 5.78 Å². The van der Waals surface area contributed by atoms with Crippen molar-refractivity contribution in [3.05, 3.63) is 11.6 Å². The highest BCUT2D eigenvalue weighted by atomic mass is 16.3. The molecule has 246 valence electrons. The average Bonchev–Trinajstić information content (AvgIpc) is 3.50. The van der Waals surface area contributed by atoms with Gasteiger partial charge in [0.1, 0.15) is 5.78 Å². The molecule has 7 saturated carbocycles. The standard InChI is InChI=1S/C21H30O2.C19H32O2/c1-13(22)17-6-7-18-16-5-4-14-12-15(23)8-10-20(14,2)19(16)9-11-21(17,18)3;1-18-9-7-13(20)11-12(18)3-4-14-15-5-6-17(21)19(15,2)10-8-16(14)18/h12,16-19H,4-11H2,1-3H3;12-17,20-21H,3-11H2,1-2H3/t16-,17+,18-,19-,20-,21+;12?,13?,14-,15-,16-,17?,18-,19-/m00/s1. The summed E-state index contributed by atoms with van der Waals surface area (Å²) < 4.78 is 0. The number of carbonyl (C=O) groups is 2. The minimum atomic E-state index is -0.0536. The number of rotatable bonds is 1. The quantitative estimate of drug-likeness (QED) is 0.314. The molecule has 2 N–H and O–H groups in total. The van der Waals surface area contributed by atoms with Gasteiger partial charge in [-0.2, -0.15) is 0 Å². The summed E-state index contributed by atoms with van der Waals surface area (Å²) in [6.45, 7) is 11.5. The second kappa shape index (κ2) is 11.0. The van der Waals surface area contributed by atoms with E-state index in [4.69, 9.17) is 0 Å². The van der Waals surface area contributed by atoms with E-state index >= 15 is 0 Å². The van der Waals surface area contributed by atoms with Gasteiger partial charge in [0.25, 0.3) is 0 Å². The van der Waals surface area contributed by atoms with Crippen molar-refractivity contribution in [2.24, 2.45) is 69.0 Å². The average molecular weight is 607 g/mol. The van der Waals surface area contributed by atoms with Gasteiger partial charge in [-0.3, -0.25) is 9.59 Å². The Balaban J connectivity index is 0.000000143. The number of hydrogen-bond acceptors (Lipinski definition) is 4. The molecule has 14 atom stereocenters. The largest absolute Gasteiger partial charge is 0.393 e. The highest BCUT2D eigenvalue weighted by Crippen LogP contribution is 2.68. The van der Waals surface area contributed by atoms with Crippen LogP contribution in [-0.2, 0) is 9.59 Å². The van der Waals surface area contributed by atoms with Crippen LogP contribution in [0.2, 0.25) is 0 Å². The second-order valence-corrected chi connectivity index (χ2v) is 18.5. The minimum absolute atomic E-state index is 0.0400. The molecule has 8 aliphatic rings. The molecule has 44 heavy (non-hydrogen) atoms. The molecule has 0 aromatic carbocycles. The molecule has 3 unspecified atom stereocenters. The minimum Gasteiger partial charge on any atom is -0.393 e. The molecule has 4 heteroatoms. The summed E-state index contributed by atoms with van der Waals surface area (Å²) in [6, 6.07) is 0. The lowest BCUT2D eigenvalue weighted by Gasteiger charge is -2.60. The fourth-order valence-electron chi connectivity index (χ4n) is 14.4. The zero-order valence-electron chi connectivity index (χ0n) is 28.6. The van der Waals surface area contributed by atoms with E-state index in [0.29, 0.717) is 22.9 Å². The molecule has 4 nitrogen and oxygen atoms in total. The fourth-order valence-corrected chi connectivity index (χ4v) is 14.4. The third-order valence-corrected chi connectivity index (χ3v) is 17.0. The van der Waals surface area contributed by atoms with Crippen LogP contribution in [0.5, 0.6) is 0 Å². The lowest BCUT2D eigenvalue weighted by molar-refractivity contribution is -0.133. The van der Waals surface area contributed by atoms with Gasteiger partial charge < -0.3 is 10.2 Å². The maximum Gasteiger partial charge on any atom is 0.155 e. The summed E-state index contributed by atoms with van der Waals surface area (Å²) in [6.07, 6.45) is 21.6. The van der Waals surface area contributed by atoms with Crippen LogP contribution in [-0.4, -0.2) is 34.0 Å². The zero-order chi connectivity index (χ0) is 31.2. The summed E-state index contributed by atoms with van der Waals surface area (Å²) in [4.78, 5) is 24.0. The molecular formula is C40H62O4. The summed E-state index contributed by atoms with van der Waals surface area (Å²) >= 11 is 0. The molecule has 0 aromatic rings. The molecule has 0 bridgehead atoms. The van der Waals surface area contributed by atoms with E-state index in [1.807, 2.05) is 6.08 Å². The number of aliphatic hydroxyl groups is 2. The normalized spacial score (nSPS) is 54.2. The fraction of sp³-hybridized carbons (Fsp3) is 0.900. The number of hydrogen-bond donors (Lipinski definition) is 2. The van der Waals surface area contributed by atoms with Crippen molar-refractivity contribution in [3.63, 3.8) is 0 Å². The van der Waals surface area contributed by atoms with Gasteiger partial charge in [-0.05, 0) is 179 Å². The van der Waals surface area contributed by atoms with Crippen molar-refractivity contribution < 1.29 is 19.8 Å². The third-order valence-electron chi connectivity index (χ3n) is 17.0. The third kappa shape index (κ3) is 4.63. The SMILES string of the molecule is CC(=O)[C@H]1CC[C@H]2[C@@H]3CCC4=CC(=O)CC[C@]4(C)[C@H]3CC[C@]12C.C[C@]12CCC(O)CC1CC[C@@H]1[C@@H]2CC[C@]2(C)C(O)CC[C@@H]12. The van der Waals surface area contributed by atoms with Crippen LogP contribution in [0.3, 0.4) is 0 Å². The summed E-state index contributed by atoms with van der Waals surface area (Å²) in [5, 5.41) is 20.5. The van der Waals surface area contributed by atoms with E-state index in [1.54, 1.807) is 6.92 Å². The van der Waals surface area contributed by atoms with Crippen molar-refractivity contribution in [1.29, 1.82) is 0 Å². The Morgan fingerprint density at radius 2 is 1.32 bits per heavy atom. The summed E-state index contributed by atoms with van der Waals surface area (Å²) in [7, 11) is 0. The monoisotopic (exact) mass is 606 g/mol. The Morgan fingerprint density at radius 3 is 2.09 bits per heavy atom. The predicted molar refractivity (Wildman–Crippen MR) is 175 cm³/mol. The molecule has 0 heterocycles. The van der Waals surface area contributed by atoms with E-state index in [-0.39, 0.29) is 28.5 Å². The number of aliphatic hydroxyl groups excluding tert-OH is 2. The lowest BCUT2D eigenvalue weighted by atomic mass is 9.45. The van der Waals surface area contributed by atoms with Gasteiger partial charge >= 0.3 is 0 Å². The topological polar surface area (TPSA) is 74.6 Å². The predicted octanol–water partition coefficient (Wildman–Crippen LogP) is 8.47. The Morgan fingerprint density at radius 1 is 0.682 bits per heavy atom. The van der Waals surface area contributed by atoms with Gasteiger partial charge in [0.05, 0.1) is 12.2 Å². The van der Waals surface area contributed by atoms with Crippen LogP contribution in [0.4, 0.5) is 0 Å². The zero-order valence-corrected chi connectivity index (χ0v) is 28.6. The maximum atomic E-state index is 12.1. The van der Waals surface area contributed by atoms with E-state index in [0.717, 1.165) is 86.4 Å². The van der Waals surface area contributed by atoms with Gasteiger partial charge in [0, 0.05) is 12.3 Å². The van der Waals surface area contributed by atoms with Gasteiger partial charge in [0.2, 0.25) is 0 Å². The van der Waals surface area contributed by atoms with Crippen molar-refractivity contribution >= 4 is 11.6 Å². The maximum absolute atomic E-state index is 12.1. The molecule has 0 aliphatic heterocycles. The van der Waals surface area contributed by atoms with Crippen LogP contribution >= 0.6 is 0 Å². The molecule has 0 saturated heterocycles. The van der Waals surface area contributed by atoms with Gasteiger partial charge in [-0.25, -0.2) is 0 Å². The Hall–Kier alpha value is -1.00. The van der Waals surface area contributed by atoms with E-state index in [9.17, 15) is 19.8 Å². The first-order chi connectivity index (χ1) is 20.8. The lowest BCUT2D eigenvalue weighted by Crippen LogP contribution is -2.54. The van der Waals surface area contributed by atoms with Crippen molar-refractivity contribution in [1.82, 2.24) is 0 Å². The highest BCUT2D eigenvalue weighted by molar-refractivity contribution is 5.91. The molecular weight excluding hydrogens is 544 g/mol. The van der Waals surface area contributed by atoms with Gasteiger partial charge in [-0.15, -0.1) is 0 Å². The molecule has 8 aliphatic carbocycles. The Labute approximate surface area is 267 Å². The van der Waals surface area contributed by atoms with Crippen LogP contribution < -0.4 is 0 Å². The molecule has 7 fully saturated rings. The summed E-state index contributed by atoms with van der Waals surface area (Å²) in [5.74, 6) is 6.50. The number of Topliss-reactive ketones (excluding diaryl/α,β-unsaturated/α-hetero) is 1. The molecule has 8 rings (SSSR count). The van der Waals surface area contributed by atoms with Crippen LogP contribution in [0, 0.1) is 69.0 Å².